The molecule has 0 aromatic rings. The van der Waals surface area contributed by atoms with E-state index in [4.69, 9.17) is 5.26 Å². The molecule has 1 rings (SSSR count). The number of nitriles is 1. The number of hydrogen-bond acceptors (Lipinski definition) is 1. The summed E-state index contributed by atoms with van der Waals surface area (Å²) in [5, 5.41) is 8.93. The fourth-order valence-electron chi connectivity index (χ4n) is 2.08. The molecule has 62 valence electrons. The van der Waals surface area contributed by atoms with Crippen LogP contribution in [0.25, 0.3) is 0 Å². The molecule has 1 fully saturated rings. The van der Waals surface area contributed by atoms with Gasteiger partial charge in [-0.3, -0.25) is 0 Å². The number of rotatable bonds is 0. The lowest BCUT2D eigenvalue weighted by Crippen LogP contribution is -2.21. The van der Waals surface area contributed by atoms with Gasteiger partial charge in [-0.05, 0) is 24.2 Å². The zero-order valence-electron chi connectivity index (χ0n) is 7.32. The summed E-state index contributed by atoms with van der Waals surface area (Å²) in [6.07, 6.45) is 2.11. The summed E-state index contributed by atoms with van der Waals surface area (Å²) in [6, 6.07) is 2.36. The van der Waals surface area contributed by atoms with Crippen LogP contribution >= 0.6 is 15.9 Å². The van der Waals surface area contributed by atoms with Crippen molar-refractivity contribution in [3.8, 4) is 6.07 Å². The summed E-state index contributed by atoms with van der Waals surface area (Å²) in [5.41, 5.74) is 0.332. The SMILES string of the molecule is CC1CC(C)(C)CC1(Br)C#N. The van der Waals surface area contributed by atoms with Gasteiger partial charge in [-0.1, -0.05) is 36.7 Å². The third-order valence-electron chi connectivity index (χ3n) is 2.56. The van der Waals surface area contributed by atoms with Crippen molar-refractivity contribution < 1.29 is 0 Å². The first kappa shape index (κ1) is 9.06. The molecule has 1 saturated carbocycles. The van der Waals surface area contributed by atoms with Gasteiger partial charge in [0.2, 0.25) is 0 Å². The molecule has 2 atom stereocenters. The van der Waals surface area contributed by atoms with E-state index >= 15 is 0 Å². The van der Waals surface area contributed by atoms with Crippen LogP contribution in [0.15, 0.2) is 0 Å². The molecular formula is C9H14BrN. The van der Waals surface area contributed by atoms with E-state index in [2.05, 4.69) is 42.8 Å². The van der Waals surface area contributed by atoms with Gasteiger partial charge < -0.3 is 0 Å². The minimum atomic E-state index is -0.253. The van der Waals surface area contributed by atoms with Gasteiger partial charge >= 0.3 is 0 Å². The Morgan fingerprint density at radius 3 is 2.27 bits per heavy atom. The second-order valence-electron chi connectivity index (χ2n) is 4.42. The lowest BCUT2D eigenvalue weighted by Gasteiger charge is -2.18. The first-order chi connectivity index (χ1) is 4.90. The summed E-state index contributed by atoms with van der Waals surface area (Å²) in [6.45, 7) is 6.60. The van der Waals surface area contributed by atoms with Gasteiger partial charge in [0.1, 0.15) is 4.32 Å². The minimum absolute atomic E-state index is 0.253. The highest BCUT2D eigenvalue weighted by atomic mass is 79.9. The lowest BCUT2D eigenvalue weighted by molar-refractivity contribution is 0.366. The van der Waals surface area contributed by atoms with E-state index in [0.717, 1.165) is 12.8 Å². The molecule has 0 aromatic heterocycles. The Labute approximate surface area is 76.9 Å². The van der Waals surface area contributed by atoms with Crippen LogP contribution in [0.1, 0.15) is 33.6 Å². The molecular weight excluding hydrogens is 202 g/mol. The Bertz CT molecular complexity index is 204. The molecule has 1 aliphatic carbocycles. The molecule has 2 heteroatoms. The standard InChI is InChI=1S/C9H14BrN/c1-7-4-8(2,3)5-9(7,10)6-11/h7H,4-5H2,1-3H3. The molecule has 0 aromatic carbocycles. The maximum atomic E-state index is 8.93. The van der Waals surface area contributed by atoms with Gasteiger partial charge in [0, 0.05) is 0 Å². The average Bonchev–Trinajstić information content (AvgIpc) is 2.03. The Morgan fingerprint density at radius 2 is 2.09 bits per heavy atom. The van der Waals surface area contributed by atoms with Crippen molar-refractivity contribution in [1.82, 2.24) is 0 Å². The fraction of sp³-hybridized carbons (Fsp3) is 0.889. The quantitative estimate of drug-likeness (QED) is 0.571. The maximum Gasteiger partial charge on any atom is 0.115 e. The number of alkyl halides is 1. The number of halogens is 1. The molecule has 0 N–H and O–H groups in total. The van der Waals surface area contributed by atoms with E-state index in [0.29, 0.717) is 11.3 Å². The smallest absolute Gasteiger partial charge is 0.115 e. The molecule has 0 aliphatic heterocycles. The fourth-order valence-corrected chi connectivity index (χ4v) is 3.00. The van der Waals surface area contributed by atoms with Gasteiger partial charge in [0.15, 0.2) is 0 Å². The monoisotopic (exact) mass is 215 g/mol. The molecule has 0 radical (unpaired) electrons. The van der Waals surface area contributed by atoms with Gasteiger partial charge in [0.25, 0.3) is 0 Å². The summed E-state index contributed by atoms with van der Waals surface area (Å²) >= 11 is 3.52. The molecule has 1 nitrogen and oxygen atoms in total. The summed E-state index contributed by atoms with van der Waals surface area (Å²) < 4.78 is -0.253. The van der Waals surface area contributed by atoms with E-state index in [1.54, 1.807) is 0 Å². The minimum Gasteiger partial charge on any atom is -0.197 e. The van der Waals surface area contributed by atoms with Crippen molar-refractivity contribution in [3.05, 3.63) is 0 Å². The van der Waals surface area contributed by atoms with Crippen LogP contribution in [0.4, 0.5) is 0 Å². The Hall–Kier alpha value is -0.0300. The van der Waals surface area contributed by atoms with Crippen molar-refractivity contribution in [1.29, 1.82) is 5.26 Å². The highest BCUT2D eigenvalue weighted by Gasteiger charge is 2.47. The van der Waals surface area contributed by atoms with E-state index in [1.807, 2.05) is 0 Å². The predicted octanol–water partition coefficient (Wildman–Crippen LogP) is 3.10. The third-order valence-corrected chi connectivity index (χ3v) is 3.80. The molecule has 0 bridgehead atoms. The van der Waals surface area contributed by atoms with Gasteiger partial charge in [-0.2, -0.15) is 5.26 Å². The maximum absolute atomic E-state index is 8.93. The first-order valence-electron chi connectivity index (χ1n) is 4.00. The van der Waals surface area contributed by atoms with Crippen LogP contribution in [0.5, 0.6) is 0 Å². The topological polar surface area (TPSA) is 23.8 Å². The van der Waals surface area contributed by atoms with Gasteiger partial charge in [-0.25, -0.2) is 0 Å². The second-order valence-corrected chi connectivity index (χ2v) is 5.84. The predicted molar refractivity (Wildman–Crippen MR) is 49.5 cm³/mol. The lowest BCUT2D eigenvalue weighted by atomic mass is 9.90. The van der Waals surface area contributed by atoms with E-state index in [-0.39, 0.29) is 4.32 Å². The van der Waals surface area contributed by atoms with Crippen LogP contribution in [0, 0.1) is 22.7 Å². The van der Waals surface area contributed by atoms with E-state index in [1.165, 1.54) is 0 Å². The van der Waals surface area contributed by atoms with Crippen LogP contribution in [-0.4, -0.2) is 4.32 Å². The number of hydrogen-bond donors (Lipinski definition) is 0. The Kier molecular flexibility index (Phi) is 2.05. The highest BCUT2D eigenvalue weighted by Crippen LogP contribution is 2.51. The van der Waals surface area contributed by atoms with Crippen LogP contribution in [0.3, 0.4) is 0 Å². The Balaban J connectivity index is 2.84. The third kappa shape index (κ3) is 1.59. The van der Waals surface area contributed by atoms with Crippen molar-refractivity contribution >= 4 is 15.9 Å². The molecule has 1 aliphatic rings. The van der Waals surface area contributed by atoms with Gasteiger partial charge in [0.05, 0.1) is 6.07 Å². The zero-order valence-corrected chi connectivity index (χ0v) is 8.90. The van der Waals surface area contributed by atoms with Crippen LogP contribution in [-0.2, 0) is 0 Å². The zero-order chi connectivity index (χ0) is 8.70. The van der Waals surface area contributed by atoms with Crippen LogP contribution in [0.2, 0.25) is 0 Å². The van der Waals surface area contributed by atoms with E-state index in [9.17, 15) is 0 Å². The van der Waals surface area contributed by atoms with Crippen molar-refractivity contribution in [2.75, 3.05) is 0 Å². The molecule has 0 spiro atoms. The Morgan fingerprint density at radius 1 is 1.55 bits per heavy atom. The largest absolute Gasteiger partial charge is 0.197 e. The normalized spacial score (nSPS) is 41.9. The highest BCUT2D eigenvalue weighted by molar-refractivity contribution is 9.10. The van der Waals surface area contributed by atoms with Gasteiger partial charge in [-0.15, -0.1) is 0 Å². The molecule has 11 heavy (non-hydrogen) atoms. The van der Waals surface area contributed by atoms with Crippen LogP contribution < -0.4 is 0 Å². The molecule has 0 amide bonds. The van der Waals surface area contributed by atoms with Crippen molar-refractivity contribution in [2.24, 2.45) is 11.3 Å². The van der Waals surface area contributed by atoms with Crippen molar-refractivity contribution in [2.45, 2.75) is 37.9 Å². The average molecular weight is 216 g/mol. The second kappa shape index (κ2) is 2.48. The molecule has 0 saturated heterocycles. The molecule has 2 unspecified atom stereocenters. The molecule has 0 heterocycles. The summed E-state index contributed by atoms with van der Waals surface area (Å²) in [7, 11) is 0. The summed E-state index contributed by atoms with van der Waals surface area (Å²) in [4.78, 5) is 0. The first-order valence-corrected chi connectivity index (χ1v) is 4.79. The van der Waals surface area contributed by atoms with E-state index < -0.39 is 0 Å². The summed E-state index contributed by atoms with van der Waals surface area (Å²) in [5.74, 6) is 0.475. The van der Waals surface area contributed by atoms with Crippen molar-refractivity contribution in [3.63, 3.8) is 0 Å². The number of nitrogens with zero attached hydrogens (tertiary/aromatic N) is 1.